The molecule has 2 unspecified atom stereocenters. The van der Waals surface area contributed by atoms with Gasteiger partial charge in [0.2, 0.25) is 0 Å². The minimum absolute atomic E-state index is 0.0207. The van der Waals surface area contributed by atoms with Gasteiger partial charge in [0.25, 0.3) is 5.91 Å². The topological polar surface area (TPSA) is 49.3 Å². The Balaban J connectivity index is 2.00. The third-order valence-corrected chi connectivity index (χ3v) is 4.76. The van der Waals surface area contributed by atoms with Crippen LogP contribution in [-0.4, -0.2) is 23.7 Å². The molecule has 4 heteroatoms. The van der Waals surface area contributed by atoms with E-state index < -0.39 is 0 Å². The smallest absolute Gasteiger partial charge is 0.261 e. The van der Waals surface area contributed by atoms with E-state index in [9.17, 15) is 4.79 Å². The van der Waals surface area contributed by atoms with E-state index in [0.29, 0.717) is 18.4 Å². The Labute approximate surface area is 124 Å². The van der Waals surface area contributed by atoms with Crippen LogP contribution in [-0.2, 0) is 0 Å². The molecule has 0 radical (unpaired) electrons. The van der Waals surface area contributed by atoms with Crippen LogP contribution < -0.4 is 5.32 Å². The zero-order valence-electron chi connectivity index (χ0n) is 12.0. The van der Waals surface area contributed by atoms with Crippen molar-refractivity contribution in [3.05, 3.63) is 21.4 Å². The summed E-state index contributed by atoms with van der Waals surface area (Å²) in [4.78, 5) is 13.9. The van der Waals surface area contributed by atoms with Gasteiger partial charge in [0.15, 0.2) is 0 Å². The maximum absolute atomic E-state index is 12.2. The highest BCUT2D eigenvalue weighted by Gasteiger charge is 2.23. The molecule has 1 aliphatic rings. The van der Waals surface area contributed by atoms with Crippen molar-refractivity contribution in [2.24, 2.45) is 5.92 Å². The van der Waals surface area contributed by atoms with Gasteiger partial charge in [-0.05, 0) is 43.7 Å². The number of carbonyl (C=O) groups excluding carboxylic acids is 1. The highest BCUT2D eigenvalue weighted by molar-refractivity contribution is 7.14. The third kappa shape index (κ3) is 3.84. The molecule has 1 aromatic rings. The number of nitrogens with one attached hydrogen (secondary N) is 1. The zero-order valence-corrected chi connectivity index (χ0v) is 12.8. The lowest BCUT2D eigenvalue weighted by Gasteiger charge is -2.11. The number of hydrogen-bond acceptors (Lipinski definition) is 3. The standard InChI is InChI=1S/C16H21NO2S/c1-11-6-7-13(9-11)17-16(19)15-10-12(2)14(20-15)5-3-4-8-18/h10-11,13,18H,4,6-9H2,1-2H3,(H,17,19). The first-order valence-corrected chi connectivity index (χ1v) is 7.93. The Bertz CT molecular complexity index is 538. The first-order chi connectivity index (χ1) is 9.60. The number of aryl methyl sites for hydroxylation is 1. The van der Waals surface area contributed by atoms with E-state index in [-0.39, 0.29) is 12.5 Å². The molecule has 0 spiro atoms. The van der Waals surface area contributed by atoms with Gasteiger partial charge in [0, 0.05) is 12.5 Å². The zero-order chi connectivity index (χ0) is 14.5. The maximum atomic E-state index is 12.2. The molecule has 0 aromatic carbocycles. The molecular formula is C16H21NO2S. The monoisotopic (exact) mass is 291 g/mol. The highest BCUT2D eigenvalue weighted by atomic mass is 32.1. The second kappa shape index (κ2) is 6.92. The molecule has 1 aromatic heterocycles. The fourth-order valence-corrected chi connectivity index (χ4v) is 3.46. The second-order valence-electron chi connectivity index (χ2n) is 5.49. The molecule has 1 fully saturated rings. The Kier molecular flexibility index (Phi) is 5.22. The van der Waals surface area contributed by atoms with Gasteiger partial charge >= 0.3 is 0 Å². The summed E-state index contributed by atoms with van der Waals surface area (Å²) in [6, 6.07) is 2.23. The Morgan fingerprint density at radius 2 is 2.35 bits per heavy atom. The fraction of sp³-hybridized carbons (Fsp3) is 0.562. The highest BCUT2D eigenvalue weighted by Crippen LogP contribution is 2.26. The molecule has 108 valence electrons. The van der Waals surface area contributed by atoms with E-state index in [4.69, 9.17) is 5.11 Å². The number of aliphatic hydroxyl groups excluding tert-OH is 1. The maximum Gasteiger partial charge on any atom is 0.261 e. The predicted molar refractivity (Wildman–Crippen MR) is 81.9 cm³/mol. The lowest BCUT2D eigenvalue weighted by molar-refractivity contribution is 0.0941. The molecule has 1 saturated carbocycles. The molecule has 0 aliphatic heterocycles. The van der Waals surface area contributed by atoms with Gasteiger partial charge in [-0.15, -0.1) is 11.3 Å². The SMILES string of the molecule is Cc1cc(C(=O)NC2CCC(C)C2)sc1C#CCCO. The van der Waals surface area contributed by atoms with Crippen molar-refractivity contribution in [2.45, 2.75) is 45.6 Å². The molecular weight excluding hydrogens is 270 g/mol. The van der Waals surface area contributed by atoms with Crippen molar-refractivity contribution >= 4 is 17.2 Å². The molecule has 1 aliphatic carbocycles. The van der Waals surface area contributed by atoms with Crippen LogP contribution in [0.15, 0.2) is 6.07 Å². The van der Waals surface area contributed by atoms with Gasteiger partial charge in [0.1, 0.15) is 0 Å². The minimum Gasteiger partial charge on any atom is -0.395 e. The van der Waals surface area contributed by atoms with Crippen molar-refractivity contribution in [3.63, 3.8) is 0 Å². The molecule has 1 amide bonds. The number of thiophene rings is 1. The van der Waals surface area contributed by atoms with Gasteiger partial charge in [-0.2, -0.15) is 0 Å². The molecule has 2 rings (SSSR count). The van der Waals surface area contributed by atoms with Crippen molar-refractivity contribution in [2.75, 3.05) is 6.61 Å². The normalized spacial score (nSPS) is 21.4. The van der Waals surface area contributed by atoms with Crippen molar-refractivity contribution in [1.29, 1.82) is 0 Å². The van der Waals surface area contributed by atoms with Gasteiger partial charge in [0.05, 0.1) is 16.4 Å². The van der Waals surface area contributed by atoms with Crippen LogP contribution in [0.4, 0.5) is 0 Å². The largest absolute Gasteiger partial charge is 0.395 e. The Hall–Kier alpha value is -1.31. The molecule has 3 nitrogen and oxygen atoms in total. The molecule has 0 saturated heterocycles. The van der Waals surface area contributed by atoms with Crippen LogP contribution in [0.2, 0.25) is 0 Å². The van der Waals surface area contributed by atoms with Crippen LogP contribution in [0, 0.1) is 24.7 Å². The van der Waals surface area contributed by atoms with Gasteiger partial charge in [-0.1, -0.05) is 18.8 Å². The van der Waals surface area contributed by atoms with Crippen LogP contribution >= 0.6 is 11.3 Å². The Morgan fingerprint density at radius 3 is 3.00 bits per heavy atom. The van der Waals surface area contributed by atoms with Crippen LogP contribution in [0.5, 0.6) is 0 Å². The number of carbonyl (C=O) groups is 1. The molecule has 0 bridgehead atoms. The van der Waals surface area contributed by atoms with Crippen molar-refractivity contribution in [1.82, 2.24) is 5.32 Å². The number of hydrogen-bond donors (Lipinski definition) is 2. The van der Waals surface area contributed by atoms with E-state index in [1.807, 2.05) is 13.0 Å². The quantitative estimate of drug-likeness (QED) is 0.841. The van der Waals surface area contributed by atoms with E-state index in [2.05, 4.69) is 24.1 Å². The van der Waals surface area contributed by atoms with E-state index >= 15 is 0 Å². The summed E-state index contributed by atoms with van der Waals surface area (Å²) in [5.74, 6) is 6.65. The van der Waals surface area contributed by atoms with Crippen molar-refractivity contribution in [3.8, 4) is 11.8 Å². The van der Waals surface area contributed by atoms with Gasteiger partial charge in [-0.3, -0.25) is 4.79 Å². The van der Waals surface area contributed by atoms with E-state index in [1.165, 1.54) is 17.8 Å². The molecule has 2 atom stereocenters. The second-order valence-corrected chi connectivity index (χ2v) is 6.54. The number of amides is 1. The first kappa shape index (κ1) is 15.1. The predicted octanol–water partition coefficient (Wildman–Crippen LogP) is 2.71. The van der Waals surface area contributed by atoms with Gasteiger partial charge in [-0.25, -0.2) is 0 Å². The average Bonchev–Trinajstić information content (AvgIpc) is 2.97. The molecule has 2 N–H and O–H groups in total. The Morgan fingerprint density at radius 1 is 1.55 bits per heavy atom. The van der Waals surface area contributed by atoms with Gasteiger partial charge < -0.3 is 10.4 Å². The average molecular weight is 291 g/mol. The van der Waals surface area contributed by atoms with Crippen LogP contribution in [0.25, 0.3) is 0 Å². The summed E-state index contributed by atoms with van der Waals surface area (Å²) < 4.78 is 0. The van der Waals surface area contributed by atoms with E-state index in [0.717, 1.165) is 28.2 Å². The molecule has 20 heavy (non-hydrogen) atoms. The fourth-order valence-electron chi connectivity index (χ4n) is 2.51. The van der Waals surface area contributed by atoms with Crippen LogP contribution in [0.1, 0.15) is 52.7 Å². The summed E-state index contributed by atoms with van der Waals surface area (Å²) in [6.45, 7) is 4.27. The summed E-state index contributed by atoms with van der Waals surface area (Å²) >= 11 is 1.43. The van der Waals surface area contributed by atoms with E-state index in [1.54, 1.807) is 0 Å². The lowest BCUT2D eigenvalue weighted by atomic mass is 10.1. The lowest BCUT2D eigenvalue weighted by Crippen LogP contribution is -2.32. The first-order valence-electron chi connectivity index (χ1n) is 7.11. The van der Waals surface area contributed by atoms with Crippen LogP contribution in [0.3, 0.4) is 0 Å². The third-order valence-electron chi connectivity index (χ3n) is 3.61. The summed E-state index contributed by atoms with van der Waals surface area (Å²) in [5.41, 5.74) is 1.03. The summed E-state index contributed by atoms with van der Waals surface area (Å²) in [6.07, 6.45) is 3.84. The van der Waals surface area contributed by atoms with Crippen molar-refractivity contribution < 1.29 is 9.90 Å². The minimum atomic E-state index is 0.0207. The number of aliphatic hydroxyl groups is 1. The molecule has 1 heterocycles. The summed E-state index contributed by atoms with van der Waals surface area (Å²) in [5, 5.41) is 11.8. The number of rotatable bonds is 3. The summed E-state index contributed by atoms with van der Waals surface area (Å²) in [7, 11) is 0.